The number of hydrogen-bond donors (Lipinski definition) is 1. The molecule has 0 saturated carbocycles. The van der Waals surface area contributed by atoms with Gasteiger partial charge in [-0.3, -0.25) is 14.5 Å². The Morgan fingerprint density at radius 2 is 1.92 bits per heavy atom. The Balaban J connectivity index is 1.33. The number of amidine groups is 1. The van der Waals surface area contributed by atoms with Crippen LogP contribution in [0, 0.1) is 6.92 Å². The van der Waals surface area contributed by atoms with E-state index in [9.17, 15) is 9.59 Å². The zero-order chi connectivity index (χ0) is 27.0. The zero-order valence-corrected chi connectivity index (χ0v) is 22.6. The number of aryl methyl sites for hydroxylation is 1. The number of nitrogens with one attached hydrogen (secondary N) is 1. The van der Waals surface area contributed by atoms with Gasteiger partial charge in [0.25, 0.3) is 11.8 Å². The van der Waals surface area contributed by atoms with Crippen molar-refractivity contribution in [3.63, 3.8) is 0 Å². The normalized spacial score (nSPS) is 15.5. The van der Waals surface area contributed by atoms with Crippen LogP contribution in [0.2, 0.25) is 0 Å². The summed E-state index contributed by atoms with van der Waals surface area (Å²) in [4.78, 5) is 28.8. The van der Waals surface area contributed by atoms with Crippen LogP contribution in [0.15, 0.2) is 104 Å². The van der Waals surface area contributed by atoms with Crippen LogP contribution in [-0.2, 0) is 16.1 Å². The third-order valence-corrected chi connectivity index (χ3v) is 7.36. The lowest BCUT2D eigenvalue weighted by Gasteiger charge is -2.12. The molecule has 39 heavy (non-hydrogen) atoms. The quantitative estimate of drug-likeness (QED) is 0.151. The summed E-state index contributed by atoms with van der Waals surface area (Å²) in [5.74, 6) is 0.600. The number of rotatable bonds is 9. The number of thioether (sulfide) groups is 1. The van der Waals surface area contributed by atoms with Gasteiger partial charge in [-0.05, 0) is 66.5 Å². The molecule has 0 aliphatic carbocycles. The van der Waals surface area contributed by atoms with E-state index in [0.717, 1.165) is 10.4 Å². The highest BCUT2D eigenvalue weighted by Gasteiger charge is 2.34. The maximum absolute atomic E-state index is 13.4. The van der Waals surface area contributed by atoms with E-state index in [1.165, 1.54) is 16.7 Å². The lowest BCUT2D eigenvalue weighted by atomic mass is 10.2. The second kappa shape index (κ2) is 12.4. The molecule has 2 aromatic heterocycles. The Kier molecular flexibility index (Phi) is 8.35. The first kappa shape index (κ1) is 26.2. The van der Waals surface area contributed by atoms with Gasteiger partial charge in [0.05, 0.1) is 23.9 Å². The SMILES string of the molecule is Cc1ccc(NC(=O)COc2ccccc2/C=C2\S/C(=N\N=C\c3cccs3)N(Cc3ccco3)C2=O)cc1. The molecule has 10 heteroatoms. The van der Waals surface area contributed by atoms with Gasteiger partial charge >= 0.3 is 0 Å². The molecule has 1 saturated heterocycles. The van der Waals surface area contributed by atoms with Crippen molar-refractivity contribution in [3.8, 4) is 5.75 Å². The van der Waals surface area contributed by atoms with E-state index < -0.39 is 0 Å². The molecule has 3 heterocycles. The summed E-state index contributed by atoms with van der Waals surface area (Å²) in [6.07, 6.45) is 4.95. The highest BCUT2D eigenvalue weighted by Crippen LogP contribution is 2.35. The van der Waals surface area contributed by atoms with Crippen LogP contribution in [0.1, 0.15) is 21.8 Å². The van der Waals surface area contributed by atoms with Gasteiger partial charge in [0.1, 0.15) is 11.5 Å². The van der Waals surface area contributed by atoms with Gasteiger partial charge in [-0.2, -0.15) is 5.10 Å². The van der Waals surface area contributed by atoms with Crippen LogP contribution < -0.4 is 10.1 Å². The minimum absolute atomic E-state index is 0.177. The molecule has 1 aliphatic heterocycles. The second-order valence-corrected chi connectivity index (χ2v) is 10.5. The molecule has 5 rings (SSSR count). The fourth-order valence-electron chi connectivity index (χ4n) is 3.63. The topological polar surface area (TPSA) is 96.5 Å². The second-order valence-electron chi connectivity index (χ2n) is 8.46. The summed E-state index contributed by atoms with van der Waals surface area (Å²) >= 11 is 2.76. The summed E-state index contributed by atoms with van der Waals surface area (Å²) < 4.78 is 11.3. The maximum Gasteiger partial charge on any atom is 0.267 e. The lowest BCUT2D eigenvalue weighted by molar-refractivity contribution is -0.122. The van der Waals surface area contributed by atoms with Crippen molar-refractivity contribution in [2.75, 3.05) is 11.9 Å². The summed E-state index contributed by atoms with van der Waals surface area (Å²) in [5, 5.41) is 13.7. The van der Waals surface area contributed by atoms with Crippen molar-refractivity contribution >= 4 is 58.1 Å². The third kappa shape index (κ3) is 6.92. The Labute approximate surface area is 233 Å². The molecule has 196 valence electrons. The number of para-hydroxylation sites is 1. The average molecular weight is 557 g/mol. The van der Waals surface area contributed by atoms with Crippen molar-refractivity contribution in [2.45, 2.75) is 13.5 Å². The number of carbonyl (C=O) groups is 2. The highest BCUT2D eigenvalue weighted by atomic mass is 32.2. The fourth-order valence-corrected chi connectivity index (χ4v) is 5.14. The van der Waals surface area contributed by atoms with E-state index in [0.29, 0.717) is 32.8 Å². The van der Waals surface area contributed by atoms with Crippen LogP contribution in [0.25, 0.3) is 6.08 Å². The third-order valence-electron chi connectivity index (χ3n) is 5.55. The molecule has 0 radical (unpaired) electrons. The molecule has 0 bridgehead atoms. The van der Waals surface area contributed by atoms with E-state index in [1.807, 2.05) is 66.9 Å². The maximum atomic E-state index is 13.4. The van der Waals surface area contributed by atoms with Crippen LogP contribution in [0.3, 0.4) is 0 Å². The van der Waals surface area contributed by atoms with E-state index in [2.05, 4.69) is 15.5 Å². The van der Waals surface area contributed by atoms with E-state index in [1.54, 1.807) is 48.1 Å². The minimum atomic E-state index is -0.282. The monoisotopic (exact) mass is 556 g/mol. The standard InChI is InChI=1S/C29H24N4O4S2/c1-20-10-12-22(13-11-20)31-27(34)19-37-25-9-3-2-6-21(25)16-26-28(35)33(18-23-7-4-14-36-23)29(39-26)32-30-17-24-8-5-15-38-24/h2-17H,18-19H2,1H3,(H,31,34)/b26-16-,30-17+,32-29-. The number of thiophene rings is 1. The smallest absolute Gasteiger partial charge is 0.267 e. The first-order valence-corrected chi connectivity index (χ1v) is 13.7. The predicted molar refractivity (Wildman–Crippen MR) is 156 cm³/mol. The number of benzene rings is 2. The predicted octanol–water partition coefficient (Wildman–Crippen LogP) is 6.17. The van der Waals surface area contributed by atoms with Gasteiger partial charge in [0.2, 0.25) is 0 Å². The van der Waals surface area contributed by atoms with Crippen LogP contribution in [0.4, 0.5) is 5.69 Å². The molecular weight excluding hydrogens is 532 g/mol. The van der Waals surface area contributed by atoms with Gasteiger partial charge in [-0.25, -0.2) is 0 Å². The summed E-state index contributed by atoms with van der Waals surface area (Å²) in [6, 6.07) is 22.2. The number of carbonyl (C=O) groups excluding carboxylic acids is 2. The number of furan rings is 1. The van der Waals surface area contributed by atoms with Crippen molar-refractivity contribution in [3.05, 3.63) is 111 Å². The largest absolute Gasteiger partial charge is 0.483 e. The van der Waals surface area contributed by atoms with Crippen LogP contribution in [0.5, 0.6) is 5.75 Å². The molecule has 0 atom stereocenters. The Morgan fingerprint density at radius 3 is 2.69 bits per heavy atom. The van der Waals surface area contributed by atoms with Crippen molar-refractivity contribution in [2.24, 2.45) is 10.2 Å². The molecule has 0 unspecified atom stereocenters. The Bertz CT molecular complexity index is 1530. The van der Waals surface area contributed by atoms with Crippen molar-refractivity contribution in [1.29, 1.82) is 0 Å². The molecule has 2 amide bonds. The van der Waals surface area contributed by atoms with Crippen molar-refractivity contribution in [1.82, 2.24) is 4.90 Å². The van der Waals surface area contributed by atoms with E-state index in [4.69, 9.17) is 9.15 Å². The van der Waals surface area contributed by atoms with Gasteiger partial charge in [0.15, 0.2) is 11.8 Å². The van der Waals surface area contributed by atoms with Gasteiger partial charge in [-0.1, -0.05) is 42.0 Å². The number of nitrogens with zero attached hydrogens (tertiary/aromatic N) is 3. The average Bonchev–Trinajstić information content (AvgIpc) is 3.70. The van der Waals surface area contributed by atoms with E-state index >= 15 is 0 Å². The molecule has 1 aliphatic rings. The molecular formula is C29H24N4O4S2. The molecule has 0 spiro atoms. The zero-order valence-electron chi connectivity index (χ0n) is 20.9. The summed E-state index contributed by atoms with van der Waals surface area (Å²) in [7, 11) is 0. The molecule has 2 aromatic carbocycles. The van der Waals surface area contributed by atoms with Gasteiger partial charge < -0.3 is 14.5 Å². The first-order valence-electron chi connectivity index (χ1n) is 12.0. The number of hydrogen-bond acceptors (Lipinski definition) is 8. The molecule has 1 fully saturated rings. The Morgan fingerprint density at radius 1 is 1.08 bits per heavy atom. The number of amides is 2. The minimum Gasteiger partial charge on any atom is -0.483 e. The van der Waals surface area contributed by atoms with Gasteiger partial charge in [-0.15, -0.1) is 16.4 Å². The number of ether oxygens (including phenoxy) is 1. The number of anilines is 1. The highest BCUT2D eigenvalue weighted by molar-refractivity contribution is 8.18. The van der Waals surface area contributed by atoms with E-state index in [-0.39, 0.29) is 25.0 Å². The molecule has 8 nitrogen and oxygen atoms in total. The van der Waals surface area contributed by atoms with Crippen LogP contribution >= 0.6 is 23.1 Å². The molecule has 4 aromatic rings. The van der Waals surface area contributed by atoms with Crippen molar-refractivity contribution < 1.29 is 18.7 Å². The van der Waals surface area contributed by atoms with Gasteiger partial charge in [0, 0.05) is 16.1 Å². The summed E-state index contributed by atoms with van der Waals surface area (Å²) in [5.41, 5.74) is 2.47. The van der Waals surface area contributed by atoms with Crippen LogP contribution in [-0.4, -0.2) is 34.7 Å². The molecule has 1 N–H and O–H groups in total. The Hall–Kier alpha value is -4.41. The first-order chi connectivity index (χ1) is 19.0. The lowest BCUT2D eigenvalue weighted by Crippen LogP contribution is -2.28. The fraction of sp³-hybridized carbons (Fsp3) is 0.103. The summed E-state index contributed by atoms with van der Waals surface area (Å²) in [6.45, 7) is 2.03.